The molecule has 142 valence electrons. The molecule has 2 atom stereocenters. The molecule has 0 aromatic carbocycles. The standard InChI is InChI=1S/C20H26N6O/c27-20(17-3-9-22-10-4-17)23-14-15-5-11-26(12-6-15)19-13-18(24-25-19)16-1-7-21-8-2-16/h1-4,7-10,15,18-19,24-25H,5-6,11-14H2,(H,23,27). The summed E-state index contributed by atoms with van der Waals surface area (Å²) < 4.78 is 0. The van der Waals surface area contributed by atoms with Gasteiger partial charge in [-0.2, -0.15) is 0 Å². The summed E-state index contributed by atoms with van der Waals surface area (Å²) in [6, 6.07) is 7.96. The molecule has 2 aliphatic heterocycles. The molecule has 27 heavy (non-hydrogen) atoms. The summed E-state index contributed by atoms with van der Waals surface area (Å²) in [5, 5.41) is 3.06. The van der Waals surface area contributed by atoms with E-state index in [1.165, 1.54) is 5.56 Å². The Morgan fingerprint density at radius 1 is 1.04 bits per heavy atom. The molecule has 1 amide bonds. The van der Waals surface area contributed by atoms with Crippen LogP contribution in [-0.2, 0) is 0 Å². The Balaban J connectivity index is 1.21. The van der Waals surface area contributed by atoms with Crippen LogP contribution in [0.4, 0.5) is 0 Å². The maximum atomic E-state index is 12.2. The van der Waals surface area contributed by atoms with Gasteiger partial charge in [-0.25, -0.2) is 10.9 Å². The molecule has 4 rings (SSSR count). The Morgan fingerprint density at radius 2 is 1.70 bits per heavy atom. The lowest BCUT2D eigenvalue weighted by Gasteiger charge is -2.35. The summed E-state index contributed by atoms with van der Waals surface area (Å²) in [6.07, 6.45) is 10.6. The van der Waals surface area contributed by atoms with Crippen molar-refractivity contribution >= 4 is 5.91 Å². The molecule has 0 spiro atoms. The van der Waals surface area contributed by atoms with E-state index in [4.69, 9.17) is 0 Å². The highest BCUT2D eigenvalue weighted by Gasteiger charge is 2.31. The molecule has 2 saturated heterocycles. The summed E-state index contributed by atoms with van der Waals surface area (Å²) in [5.74, 6) is 0.527. The highest BCUT2D eigenvalue weighted by Crippen LogP contribution is 2.26. The SMILES string of the molecule is O=C(NCC1CCN(C2CC(c3ccncc3)NN2)CC1)c1ccncc1. The summed E-state index contributed by atoms with van der Waals surface area (Å²) in [6.45, 7) is 2.85. The largest absolute Gasteiger partial charge is 0.352 e. The van der Waals surface area contributed by atoms with Gasteiger partial charge in [0.15, 0.2) is 0 Å². The fourth-order valence-electron chi connectivity index (χ4n) is 3.90. The predicted octanol–water partition coefficient (Wildman–Crippen LogP) is 1.48. The summed E-state index contributed by atoms with van der Waals surface area (Å²) in [4.78, 5) is 22.7. The molecule has 2 fully saturated rings. The molecule has 0 bridgehead atoms. The van der Waals surface area contributed by atoms with Gasteiger partial charge in [0.05, 0.1) is 6.17 Å². The van der Waals surface area contributed by atoms with Crippen molar-refractivity contribution in [3.63, 3.8) is 0 Å². The molecule has 0 aliphatic carbocycles. The topological polar surface area (TPSA) is 82.2 Å². The minimum atomic E-state index is -0.0123. The number of hydrazine groups is 1. The Morgan fingerprint density at radius 3 is 2.41 bits per heavy atom. The maximum Gasteiger partial charge on any atom is 0.251 e. The molecule has 7 nitrogen and oxygen atoms in total. The van der Waals surface area contributed by atoms with E-state index in [0.717, 1.165) is 38.9 Å². The number of piperidine rings is 1. The number of hydrogen-bond donors (Lipinski definition) is 3. The highest BCUT2D eigenvalue weighted by molar-refractivity contribution is 5.93. The number of nitrogens with zero attached hydrogens (tertiary/aromatic N) is 3. The Bertz CT molecular complexity index is 733. The first-order valence-electron chi connectivity index (χ1n) is 9.63. The molecule has 2 aromatic rings. The van der Waals surface area contributed by atoms with Crippen LogP contribution >= 0.6 is 0 Å². The smallest absolute Gasteiger partial charge is 0.251 e. The zero-order valence-electron chi connectivity index (χ0n) is 15.3. The molecule has 3 N–H and O–H groups in total. The number of carbonyl (C=O) groups excluding carboxylic acids is 1. The fourth-order valence-corrected chi connectivity index (χ4v) is 3.90. The molecule has 2 aliphatic rings. The van der Waals surface area contributed by atoms with Crippen molar-refractivity contribution in [3.8, 4) is 0 Å². The average Bonchev–Trinajstić information content (AvgIpc) is 3.24. The minimum absolute atomic E-state index is 0.0123. The number of hydrogen-bond acceptors (Lipinski definition) is 6. The van der Waals surface area contributed by atoms with Gasteiger partial charge in [-0.3, -0.25) is 19.7 Å². The predicted molar refractivity (Wildman–Crippen MR) is 103 cm³/mol. The van der Waals surface area contributed by atoms with Crippen molar-refractivity contribution < 1.29 is 4.79 Å². The Hall–Kier alpha value is -2.35. The van der Waals surface area contributed by atoms with Crippen LogP contribution < -0.4 is 16.2 Å². The minimum Gasteiger partial charge on any atom is -0.352 e. The fraction of sp³-hybridized carbons (Fsp3) is 0.450. The third-order valence-corrected chi connectivity index (χ3v) is 5.58. The number of nitrogens with one attached hydrogen (secondary N) is 3. The molecular weight excluding hydrogens is 340 g/mol. The zero-order chi connectivity index (χ0) is 18.5. The van der Waals surface area contributed by atoms with Crippen molar-refractivity contribution in [1.82, 2.24) is 31.0 Å². The van der Waals surface area contributed by atoms with Gasteiger partial charge >= 0.3 is 0 Å². The lowest BCUT2D eigenvalue weighted by atomic mass is 9.95. The lowest BCUT2D eigenvalue weighted by Crippen LogP contribution is -2.49. The van der Waals surface area contributed by atoms with E-state index < -0.39 is 0 Å². The van der Waals surface area contributed by atoms with E-state index in [0.29, 0.717) is 23.7 Å². The van der Waals surface area contributed by atoms with Crippen molar-refractivity contribution in [1.29, 1.82) is 0 Å². The molecule has 0 radical (unpaired) electrons. The van der Waals surface area contributed by atoms with E-state index in [1.807, 2.05) is 12.4 Å². The normalized spacial score (nSPS) is 24.0. The molecular formula is C20H26N6O. The van der Waals surface area contributed by atoms with Gasteiger partial charge < -0.3 is 5.32 Å². The first-order valence-corrected chi connectivity index (χ1v) is 9.63. The molecule has 2 aromatic heterocycles. The van der Waals surface area contributed by atoms with Crippen LogP contribution in [0, 0.1) is 5.92 Å². The van der Waals surface area contributed by atoms with E-state index in [1.54, 1.807) is 24.5 Å². The van der Waals surface area contributed by atoms with Gasteiger partial charge in [0.1, 0.15) is 0 Å². The first kappa shape index (κ1) is 18.0. The quantitative estimate of drug-likeness (QED) is 0.744. The van der Waals surface area contributed by atoms with Crippen LogP contribution in [0.3, 0.4) is 0 Å². The van der Waals surface area contributed by atoms with Crippen LogP contribution in [-0.4, -0.2) is 46.6 Å². The van der Waals surface area contributed by atoms with Crippen molar-refractivity contribution in [2.24, 2.45) is 5.92 Å². The van der Waals surface area contributed by atoms with Crippen LogP contribution in [0.1, 0.15) is 41.2 Å². The van der Waals surface area contributed by atoms with Crippen LogP contribution in [0.25, 0.3) is 0 Å². The van der Waals surface area contributed by atoms with E-state index in [9.17, 15) is 4.79 Å². The maximum absolute atomic E-state index is 12.2. The van der Waals surface area contributed by atoms with Gasteiger partial charge in [0.2, 0.25) is 0 Å². The van der Waals surface area contributed by atoms with Crippen LogP contribution in [0.15, 0.2) is 49.1 Å². The second-order valence-corrected chi connectivity index (χ2v) is 7.30. The van der Waals surface area contributed by atoms with Gasteiger partial charge in [-0.15, -0.1) is 0 Å². The molecule has 2 unspecified atom stereocenters. The third kappa shape index (κ3) is 4.50. The number of rotatable bonds is 5. The van der Waals surface area contributed by atoms with Crippen molar-refractivity contribution in [3.05, 3.63) is 60.2 Å². The number of amides is 1. The highest BCUT2D eigenvalue weighted by atomic mass is 16.1. The molecule has 4 heterocycles. The number of pyridine rings is 2. The third-order valence-electron chi connectivity index (χ3n) is 5.58. The summed E-state index contributed by atoms with van der Waals surface area (Å²) in [7, 11) is 0. The van der Waals surface area contributed by atoms with Crippen LogP contribution in [0.2, 0.25) is 0 Å². The lowest BCUT2D eigenvalue weighted by molar-refractivity contribution is 0.0914. The van der Waals surface area contributed by atoms with Crippen molar-refractivity contribution in [2.75, 3.05) is 19.6 Å². The van der Waals surface area contributed by atoms with Crippen molar-refractivity contribution in [2.45, 2.75) is 31.5 Å². The van der Waals surface area contributed by atoms with Crippen LogP contribution in [0.5, 0.6) is 0 Å². The number of likely N-dealkylation sites (tertiary alicyclic amines) is 1. The number of aromatic nitrogens is 2. The Labute approximate surface area is 159 Å². The summed E-state index contributed by atoms with van der Waals surface area (Å²) >= 11 is 0. The van der Waals surface area contributed by atoms with Gasteiger partial charge in [0.25, 0.3) is 5.91 Å². The average molecular weight is 366 g/mol. The van der Waals surface area contributed by atoms with E-state index in [2.05, 4.69) is 43.2 Å². The van der Waals surface area contributed by atoms with E-state index >= 15 is 0 Å². The van der Waals surface area contributed by atoms with Gasteiger partial charge in [-0.1, -0.05) is 0 Å². The van der Waals surface area contributed by atoms with E-state index in [-0.39, 0.29) is 5.91 Å². The van der Waals surface area contributed by atoms with Gasteiger partial charge in [-0.05, 0) is 68.1 Å². The first-order chi connectivity index (χ1) is 13.3. The number of carbonyl (C=O) groups is 1. The monoisotopic (exact) mass is 366 g/mol. The van der Waals surface area contributed by atoms with Gasteiger partial charge in [0, 0.05) is 42.9 Å². The second-order valence-electron chi connectivity index (χ2n) is 7.30. The molecule has 7 heteroatoms. The second kappa shape index (κ2) is 8.56. The molecule has 0 saturated carbocycles. The Kier molecular flexibility index (Phi) is 5.72. The zero-order valence-corrected chi connectivity index (χ0v) is 15.3. The summed E-state index contributed by atoms with van der Waals surface area (Å²) in [5.41, 5.74) is 8.79.